The van der Waals surface area contributed by atoms with Gasteiger partial charge in [0.2, 0.25) is 0 Å². The summed E-state index contributed by atoms with van der Waals surface area (Å²) < 4.78 is 24.3. The molecule has 1 aliphatic rings. The largest absolute Gasteiger partial charge is 0.465 e. The van der Waals surface area contributed by atoms with Crippen molar-refractivity contribution < 1.29 is 18.3 Å². The molecule has 2 unspecified atom stereocenters. The van der Waals surface area contributed by atoms with Crippen LogP contribution in [0.2, 0.25) is 0 Å². The minimum Gasteiger partial charge on any atom is -0.465 e. The first-order chi connectivity index (χ1) is 7.54. The van der Waals surface area contributed by atoms with Gasteiger partial charge in [-0.1, -0.05) is 20.8 Å². The van der Waals surface area contributed by atoms with Crippen LogP contribution in [0.1, 0.15) is 20.8 Å². The van der Waals surface area contributed by atoms with E-state index < -0.39 is 32.6 Å². The quantitative estimate of drug-likeness (QED) is 0.648. The van der Waals surface area contributed by atoms with E-state index in [0.29, 0.717) is 0 Å². The highest BCUT2D eigenvalue weighted by molar-refractivity contribution is 7.92. The molecule has 6 nitrogen and oxygen atoms in total. The molecule has 0 radical (unpaired) electrons. The van der Waals surface area contributed by atoms with Crippen LogP contribution >= 0.6 is 0 Å². The lowest BCUT2D eigenvalue weighted by Crippen LogP contribution is -2.44. The predicted molar refractivity (Wildman–Crippen MR) is 64.6 cm³/mol. The molecular formula is C10H20N2O4S. The van der Waals surface area contributed by atoms with E-state index in [4.69, 9.17) is 10.8 Å². The Hall–Kier alpha value is -0.820. The lowest BCUT2D eigenvalue weighted by molar-refractivity contribution is 0.139. The van der Waals surface area contributed by atoms with Gasteiger partial charge in [0.1, 0.15) is 0 Å². The van der Waals surface area contributed by atoms with Crippen LogP contribution in [-0.2, 0) is 9.84 Å². The number of hydrogen-bond donors (Lipinski definition) is 2. The fourth-order valence-corrected chi connectivity index (χ4v) is 4.53. The van der Waals surface area contributed by atoms with Gasteiger partial charge in [0.05, 0.1) is 11.0 Å². The zero-order valence-electron chi connectivity index (χ0n) is 10.4. The summed E-state index contributed by atoms with van der Waals surface area (Å²) in [6.45, 7) is 5.46. The molecular weight excluding hydrogens is 244 g/mol. The number of nitrogens with two attached hydrogens (primary N) is 1. The third-order valence-corrected chi connectivity index (χ3v) is 5.57. The smallest absolute Gasteiger partial charge is 0.407 e. The summed E-state index contributed by atoms with van der Waals surface area (Å²) in [5, 5.41) is 8.30. The average Bonchev–Trinajstić information content (AvgIpc) is 2.18. The molecule has 1 rings (SSSR count). The molecule has 1 aliphatic heterocycles. The van der Waals surface area contributed by atoms with Crippen molar-refractivity contribution >= 4 is 15.9 Å². The Morgan fingerprint density at radius 3 is 2.29 bits per heavy atom. The third kappa shape index (κ3) is 3.32. The maximum Gasteiger partial charge on any atom is 0.407 e. The van der Waals surface area contributed by atoms with E-state index >= 15 is 0 Å². The second-order valence-electron chi connectivity index (χ2n) is 5.63. The van der Waals surface area contributed by atoms with Crippen molar-refractivity contribution in [3.8, 4) is 0 Å². The van der Waals surface area contributed by atoms with E-state index in [9.17, 15) is 13.2 Å². The van der Waals surface area contributed by atoms with Gasteiger partial charge in [0.25, 0.3) is 0 Å². The SMILES string of the molecule is CC(C)(C)C1CN(C(=O)O)CC(N)CS1(=O)=O. The van der Waals surface area contributed by atoms with Gasteiger partial charge in [-0.2, -0.15) is 0 Å². The molecule has 0 saturated carbocycles. The molecule has 0 aromatic carbocycles. The Balaban J connectivity index is 3.12. The first-order valence-electron chi connectivity index (χ1n) is 5.49. The minimum atomic E-state index is -3.36. The van der Waals surface area contributed by atoms with Crippen molar-refractivity contribution in [2.45, 2.75) is 32.1 Å². The van der Waals surface area contributed by atoms with Crippen molar-refractivity contribution in [2.75, 3.05) is 18.8 Å². The topological polar surface area (TPSA) is 101 Å². The fraction of sp³-hybridized carbons (Fsp3) is 0.900. The number of sulfone groups is 1. The van der Waals surface area contributed by atoms with Gasteiger partial charge in [-0.3, -0.25) is 0 Å². The van der Waals surface area contributed by atoms with Crippen LogP contribution in [0.25, 0.3) is 0 Å². The normalized spacial score (nSPS) is 29.8. The first kappa shape index (κ1) is 14.2. The summed E-state index contributed by atoms with van der Waals surface area (Å²) in [5.41, 5.74) is 5.16. The van der Waals surface area contributed by atoms with Crippen molar-refractivity contribution in [1.29, 1.82) is 0 Å². The van der Waals surface area contributed by atoms with Gasteiger partial charge < -0.3 is 15.7 Å². The van der Waals surface area contributed by atoms with Crippen LogP contribution < -0.4 is 5.73 Å². The van der Waals surface area contributed by atoms with Crippen molar-refractivity contribution in [2.24, 2.45) is 11.1 Å². The zero-order valence-corrected chi connectivity index (χ0v) is 11.2. The lowest BCUT2D eigenvalue weighted by atomic mass is 9.91. The summed E-state index contributed by atoms with van der Waals surface area (Å²) in [6, 6.07) is -0.650. The molecule has 1 amide bonds. The van der Waals surface area contributed by atoms with Gasteiger partial charge in [0, 0.05) is 19.1 Å². The van der Waals surface area contributed by atoms with Crippen molar-refractivity contribution in [1.82, 2.24) is 4.90 Å². The fourth-order valence-electron chi connectivity index (χ4n) is 2.11. The Labute approximate surface area is 102 Å². The van der Waals surface area contributed by atoms with Crippen LogP contribution in [0.3, 0.4) is 0 Å². The summed E-state index contributed by atoms with van der Waals surface area (Å²) in [4.78, 5) is 12.1. The molecule has 0 spiro atoms. The predicted octanol–water partition coefficient (Wildman–Crippen LogP) is 0.137. The average molecular weight is 264 g/mol. The second kappa shape index (κ2) is 4.45. The number of carbonyl (C=O) groups is 1. The Morgan fingerprint density at radius 2 is 1.88 bits per heavy atom. The molecule has 0 bridgehead atoms. The summed E-state index contributed by atoms with van der Waals surface area (Å²) in [7, 11) is -3.36. The molecule has 1 fully saturated rings. The molecule has 17 heavy (non-hydrogen) atoms. The first-order valence-corrected chi connectivity index (χ1v) is 7.20. The maximum atomic E-state index is 12.1. The van der Waals surface area contributed by atoms with Gasteiger partial charge in [-0.25, -0.2) is 13.2 Å². The minimum absolute atomic E-state index is 0.00509. The van der Waals surface area contributed by atoms with Crippen LogP contribution in [0.15, 0.2) is 0 Å². The van der Waals surface area contributed by atoms with Gasteiger partial charge in [0.15, 0.2) is 9.84 Å². The summed E-state index contributed by atoms with van der Waals surface area (Å²) in [5.74, 6) is -0.154. The Bertz CT molecular complexity index is 399. The second-order valence-corrected chi connectivity index (χ2v) is 7.86. The van der Waals surface area contributed by atoms with E-state index in [0.717, 1.165) is 4.90 Å². The molecule has 3 N–H and O–H groups in total. The van der Waals surface area contributed by atoms with E-state index in [1.54, 1.807) is 20.8 Å². The molecule has 1 heterocycles. The van der Waals surface area contributed by atoms with Crippen LogP contribution in [-0.4, -0.2) is 54.7 Å². The highest BCUT2D eigenvalue weighted by atomic mass is 32.2. The van der Waals surface area contributed by atoms with Gasteiger partial charge in [-0.15, -0.1) is 0 Å². The van der Waals surface area contributed by atoms with E-state index in [1.807, 2.05) is 0 Å². The number of rotatable bonds is 0. The molecule has 0 aromatic rings. The number of carboxylic acid groups (broad SMARTS) is 1. The molecule has 0 aliphatic carbocycles. The maximum absolute atomic E-state index is 12.1. The zero-order chi connectivity index (χ0) is 13.4. The number of amides is 1. The van der Waals surface area contributed by atoms with E-state index in [1.165, 1.54) is 0 Å². The monoisotopic (exact) mass is 264 g/mol. The molecule has 1 saturated heterocycles. The van der Waals surface area contributed by atoms with E-state index in [2.05, 4.69) is 0 Å². The van der Waals surface area contributed by atoms with Crippen LogP contribution in [0, 0.1) is 5.41 Å². The Morgan fingerprint density at radius 1 is 1.35 bits per heavy atom. The van der Waals surface area contributed by atoms with Crippen LogP contribution in [0.4, 0.5) is 4.79 Å². The van der Waals surface area contributed by atoms with Crippen molar-refractivity contribution in [3.05, 3.63) is 0 Å². The number of nitrogens with zero attached hydrogens (tertiary/aromatic N) is 1. The van der Waals surface area contributed by atoms with Crippen molar-refractivity contribution in [3.63, 3.8) is 0 Å². The summed E-state index contributed by atoms with van der Waals surface area (Å²) in [6.07, 6.45) is -1.12. The highest BCUT2D eigenvalue weighted by Gasteiger charge is 2.42. The molecule has 7 heteroatoms. The Kier molecular flexibility index (Phi) is 3.73. The van der Waals surface area contributed by atoms with Gasteiger partial charge in [-0.05, 0) is 5.41 Å². The summed E-state index contributed by atoms with van der Waals surface area (Å²) >= 11 is 0. The standard InChI is InChI=1S/C10H20N2O4S/c1-10(2,3)8-5-12(9(13)14)4-7(11)6-17(8,15)16/h7-8H,4-6,11H2,1-3H3,(H,13,14). The molecule has 0 aromatic heterocycles. The molecule has 2 atom stereocenters. The number of hydrogen-bond acceptors (Lipinski definition) is 4. The lowest BCUT2D eigenvalue weighted by Gasteiger charge is -2.31. The molecule has 100 valence electrons. The highest BCUT2D eigenvalue weighted by Crippen LogP contribution is 2.29. The third-order valence-electron chi connectivity index (χ3n) is 2.96. The van der Waals surface area contributed by atoms with E-state index in [-0.39, 0.29) is 18.8 Å². The van der Waals surface area contributed by atoms with Gasteiger partial charge >= 0.3 is 6.09 Å². The van der Waals surface area contributed by atoms with Crippen LogP contribution in [0.5, 0.6) is 0 Å².